The molecule has 1 atom stereocenters. The second kappa shape index (κ2) is 7.75. The molecule has 2 amide bonds. The van der Waals surface area contributed by atoms with E-state index in [4.69, 9.17) is 5.11 Å². The Hall–Kier alpha value is -1.60. The van der Waals surface area contributed by atoms with Gasteiger partial charge in [0.05, 0.1) is 18.4 Å². The van der Waals surface area contributed by atoms with Crippen LogP contribution >= 0.6 is 0 Å². The first-order chi connectivity index (χ1) is 9.01. The molecule has 7 heteroatoms. The molecule has 0 aromatic carbocycles. The molecule has 0 aliphatic rings. The Bertz CT molecular complexity index is 391. The smallest absolute Gasteiger partial charge is 0.319 e. The molecule has 0 unspecified atom stereocenters. The minimum absolute atomic E-state index is 0.0594. The third kappa shape index (κ3) is 6.21. The fourth-order valence-corrected chi connectivity index (χ4v) is 1.51. The molecule has 0 saturated carbocycles. The molecule has 1 aromatic rings. The maximum atomic E-state index is 11.6. The molecule has 1 aromatic heterocycles. The first kappa shape index (κ1) is 15.5. The van der Waals surface area contributed by atoms with Crippen molar-refractivity contribution in [1.82, 2.24) is 20.0 Å². The van der Waals surface area contributed by atoms with Gasteiger partial charge in [-0.15, -0.1) is 0 Å². The van der Waals surface area contributed by atoms with E-state index < -0.39 is 0 Å². The number of aliphatic hydroxyl groups excluding tert-OH is 1. The van der Waals surface area contributed by atoms with Crippen LogP contribution in [0.5, 0.6) is 0 Å². The predicted molar refractivity (Wildman–Crippen MR) is 74.1 cm³/mol. The number of aromatic nitrogens is 2. The van der Waals surface area contributed by atoms with E-state index in [0.29, 0.717) is 12.1 Å². The quantitative estimate of drug-likeness (QED) is 0.666. The fourth-order valence-electron chi connectivity index (χ4n) is 1.51. The molecule has 0 aliphatic heterocycles. The Labute approximate surface area is 113 Å². The normalized spacial score (nSPS) is 12.5. The molecule has 3 N–H and O–H groups in total. The molecule has 0 fully saturated rings. The van der Waals surface area contributed by atoms with Crippen molar-refractivity contribution < 1.29 is 9.90 Å². The first-order valence-electron chi connectivity index (χ1n) is 6.37. The minimum Gasteiger partial charge on any atom is -0.396 e. The van der Waals surface area contributed by atoms with Crippen LogP contribution in [-0.2, 0) is 6.54 Å². The average Bonchev–Trinajstić information content (AvgIpc) is 2.74. The summed E-state index contributed by atoms with van der Waals surface area (Å²) in [5, 5.41) is 18.4. The second-order valence-electron chi connectivity index (χ2n) is 4.81. The van der Waals surface area contributed by atoms with Crippen molar-refractivity contribution in [1.29, 1.82) is 0 Å². The van der Waals surface area contributed by atoms with Gasteiger partial charge >= 0.3 is 6.03 Å². The predicted octanol–water partition coefficient (Wildman–Crippen LogP) is 0.337. The zero-order valence-corrected chi connectivity index (χ0v) is 11.8. The molecule has 0 aliphatic carbocycles. The number of rotatable bonds is 7. The molecular formula is C12H23N5O2. The summed E-state index contributed by atoms with van der Waals surface area (Å²) < 4.78 is 1.78. The van der Waals surface area contributed by atoms with E-state index >= 15 is 0 Å². The Balaban J connectivity index is 2.38. The van der Waals surface area contributed by atoms with Crippen LogP contribution in [0.3, 0.4) is 0 Å². The van der Waals surface area contributed by atoms with Crippen molar-refractivity contribution in [2.45, 2.75) is 25.9 Å². The van der Waals surface area contributed by atoms with Gasteiger partial charge in [-0.2, -0.15) is 5.10 Å². The molecule has 1 heterocycles. The lowest BCUT2D eigenvalue weighted by molar-refractivity contribution is 0.241. The number of carbonyl (C=O) groups is 1. The number of aliphatic hydroxyl groups is 1. The highest BCUT2D eigenvalue weighted by Crippen LogP contribution is 2.04. The lowest BCUT2D eigenvalue weighted by Crippen LogP contribution is -2.36. The third-order valence-electron chi connectivity index (χ3n) is 2.61. The number of nitrogens with one attached hydrogen (secondary N) is 2. The van der Waals surface area contributed by atoms with Crippen LogP contribution < -0.4 is 10.6 Å². The second-order valence-corrected chi connectivity index (χ2v) is 4.81. The van der Waals surface area contributed by atoms with E-state index in [2.05, 4.69) is 20.6 Å². The monoisotopic (exact) mass is 269 g/mol. The summed E-state index contributed by atoms with van der Waals surface area (Å²) in [6.45, 7) is 3.57. The number of hydrogen-bond donors (Lipinski definition) is 3. The van der Waals surface area contributed by atoms with Crippen molar-refractivity contribution >= 4 is 11.7 Å². The minimum atomic E-state index is -0.284. The Morgan fingerprint density at radius 3 is 2.95 bits per heavy atom. The maximum Gasteiger partial charge on any atom is 0.319 e. The fraction of sp³-hybridized carbons (Fsp3) is 0.667. The van der Waals surface area contributed by atoms with Crippen LogP contribution in [0.4, 0.5) is 10.5 Å². The molecule has 0 saturated heterocycles. The van der Waals surface area contributed by atoms with Crippen LogP contribution in [0, 0.1) is 0 Å². The molecule has 1 rings (SSSR count). The maximum absolute atomic E-state index is 11.6. The van der Waals surface area contributed by atoms with Crippen molar-refractivity contribution in [3.8, 4) is 0 Å². The highest BCUT2D eigenvalue weighted by atomic mass is 16.3. The van der Waals surface area contributed by atoms with E-state index in [1.807, 2.05) is 21.0 Å². The number of nitrogens with zero attached hydrogens (tertiary/aromatic N) is 3. The molecule has 0 bridgehead atoms. The van der Waals surface area contributed by atoms with Gasteiger partial charge in [-0.25, -0.2) is 4.79 Å². The van der Waals surface area contributed by atoms with Gasteiger partial charge in [-0.3, -0.25) is 4.68 Å². The summed E-state index contributed by atoms with van der Waals surface area (Å²) in [7, 11) is 4.00. The number of likely N-dealkylation sites (N-methyl/N-ethyl adjacent to an activating group) is 1. The van der Waals surface area contributed by atoms with Crippen molar-refractivity contribution in [2.75, 3.05) is 32.6 Å². The summed E-state index contributed by atoms with van der Waals surface area (Å²) in [6, 6.07) is -0.345. The summed E-state index contributed by atoms with van der Waals surface area (Å²) in [6.07, 6.45) is 3.95. The van der Waals surface area contributed by atoms with E-state index in [9.17, 15) is 4.79 Å². The largest absolute Gasteiger partial charge is 0.396 e. The van der Waals surface area contributed by atoms with Gasteiger partial charge in [-0.05, 0) is 27.4 Å². The van der Waals surface area contributed by atoms with Crippen LogP contribution in [0.2, 0.25) is 0 Å². The zero-order chi connectivity index (χ0) is 14.3. The molecule has 108 valence electrons. The van der Waals surface area contributed by atoms with Gasteiger partial charge in [-0.1, -0.05) is 0 Å². The summed E-state index contributed by atoms with van der Waals surface area (Å²) >= 11 is 0. The number of amides is 2. The molecule has 7 nitrogen and oxygen atoms in total. The van der Waals surface area contributed by atoms with Crippen LogP contribution in [-0.4, -0.2) is 59.1 Å². The van der Waals surface area contributed by atoms with Gasteiger partial charge in [0.2, 0.25) is 0 Å². The zero-order valence-electron chi connectivity index (χ0n) is 11.8. The highest BCUT2D eigenvalue weighted by molar-refractivity contribution is 5.89. The Morgan fingerprint density at radius 1 is 1.58 bits per heavy atom. The highest BCUT2D eigenvalue weighted by Gasteiger charge is 2.08. The number of anilines is 1. The van der Waals surface area contributed by atoms with Crippen LogP contribution in [0.1, 0.15) is 13.3 Å². The van der Waals surface area contributed by atoms with Gasteiger partial charge < -0.3 is 20.6 Å². The lowest BCUT2D eigenvalue weighted by Gasteiger charge is -2.12. The Morgan fingerprint density at radius 2 is 2.32 bits per heavy atom. The number of carbonyl (C=O) groups excluding carboxylic acids is 1. The lowest BCUT2D eigenvalue weighted by atomic mass is 10.2. The number of urea groups is 1. The summed E-state index contributed by atoms with van der Waals surface area (Å²) in [5.41, 5.74) is 0.660. The van der Waals surface area contributed by atoms with Gasteiger partial charge in [0.1, 0.15) is 0 Å². The molecule has 0 radical (unpaired) electrons. The molecule has 0 spiro atoms. The van der Waals surface area contributed by atoms with Gasteiger partial charge in [0.25, 0.3) is 0 Å². The SMILES string of the molecule is C[C@H](CCO)NC(=O)Nc1cnn(CCN(C)C)c1. The van der Waals surface area contributed by atoms with E-state index in [1.165, 1.54) is 0 Å². The standard InChI is InChI=1S/C12H23N5O2/c1-10(4-7-18)14-12(19)15-11-8-13-17(9-11)6-5-16(2)3/h8-10,18H,4-7H2,1-3H3,(H2,14,15,19)/t10-/m1/s1. The first-order valence-corrected chi connectivity index (χ1v) is 6.37. The van der Waals surface area contributed by atoms with Crippen molar-refractivity contribution in [3.05, 3.63) is 12.4 Å². The van der Waals surface area contributed by atoms with Crippen LogP contribution in [0.25, 0.3) is 0 Å². The molecular weight excluding hydrogens is 246 g/mol. The van der Waals surface area contributed by atoms with Crippen LogP contribution in [0.15, 0.2) is 12.4 Å². The van der Waals surface area contributed by atoms with E-state index in [1.54, 1.807) is 17.1 Å². The number of hydrogen-bond acceptors (Lipinski definition) is 4. The Kier molecular flexibility index (Phi) is 6.31. The van der Waals surface area contributed by atoms with Gasteiger partial charge in [0.15, 0.2) is 0 Å². The van der Waals surface area contributed by atoms with Gasteiger partial charge in [0, 0.05) is 25.4 Å². The third-order valence-corrected chi connectivity index (χ3v) is 2.61. The summed E-state index contributed by atoms with van der Waals surface area (Å²) in [4.78, 5) is 13.7. The topological polar surface area (TPSA) is 82.4 Å². The van der Waals surface area contributed by atoms with E-state index in [0.717, 1.165) is 13.1 Å². The van der Waals surface area contributed by atoms with E-state index in [-0.39, 0.29) is 18.7 Å². The van der Waals surface area contributed by atoms with Crippen molar-refractivity contribution in [2.24, 2.45) is 0 Å². The van der Waals surface area contributed by atoms with Crippen molar-refractivity contribution in [3.63, 3.8) is 0 Å². The average molecular weight is 269 g/mol. The summed E-state index contributed by atoms with van der Waals surface area (Å²) in [5.74, 6) is 0. The molecule has 19 heavy (non-hydrogen) atoms.